The average molecular weight is 252 g/mol. The second kappa shape index (κ2) is 4.53. The highest BCUT2D eigenvalue weighted by molar-refractivity contribution is 7.60. The van der Waals surface area contributed by atoms with E-state index in [1.165, 1.54) is 13.3 Å². The van der Waals surface area contributed by atoms with E-state index in [1.54, 1.807) is 22.9 Å². The molecule has 0 saturated heterocycles. The molecule has 1 atom stereocenters. The zero-order valence-corrected chi connectivity index (χ0v) is 10.6. The van der Waals surface area contributed by atoms with Crippen LogP contribution in [0.2, 0.25) is 0 Å². The number of hydrogen-bond donors (Lipinski definition) is 0. The fourth-order valence-electron chi connectivity index (χ4n) is 1.63. The third-order valence-electron chi connectivity index (χ3n) is 2.55. The third-order valence-corrected chi connectivity index (χ3v) is 3.97. The van der Waals surface area contributed by atoms with Crippen molar-refractivity contribution in [3.05, 3.63) is 30.5 Å². The van der Waals surface area contributed by atoms with Crippen LogP contribution in [-0.4, -0.2) is 12.2 Å². The highest BCUT2D eigenvalue weighted by Crippen LogP contribution is 2.36. The zero-order valence-electron chi connectivity index (χ0n) is 9.66. The van der Waals surface area contributed by atoms with E-state index in [0.29, 0.717) is 17.4 Å². The van der Waals surface area contributed by atoms with Gasteiger partial charge in [0, 0.05) is 17.6 Å². The van der Waals surface area contributed by atoms with Gasteiger partial charge in [0.25, 0.3) is 0 Å². The van der Waals surface area contributed by atoms with Crippen LogP contribution in [-0.2, 0) is 15.6 Å². The summed E-state index contributed by atoms with van der Waals surface area (Å²) in [6.45, 7) is 2.50. The molecule has 2 rings (SSSR count). The first-order valence-corrected chi connectivity index (χ1v) is 6.79. The maximum absolute atomic E-state index is 11.8. The Hall–Kier alpha value is -1.29. The quantitative estimate of drug-likeness (QED) is 0.584. The smallest absolute Gasteiger partial charge is 0.208 e. The van der Waals surface area contributed by atoms with Crippen molar-refractivity contribution in [1.82, 2.24) is 5.10 Å². The summed E-state index contributed by atoms with van der Waals surface area (Å²) in [5.41, 5.74) is 0.639. The molecule has 90 valence electrons. The van der Waals surface area contributed by atoms with Crippen LogP contribution < -0.4 is 14.9 Å². The molecule has 1 aromatic heterocycles. The first kappa shape index (κ1) is 12.2. The van der Waals surface area contributed by atoms with Gasteiger partial charge in [-0.2, -0.15) is 0 Å². The van der Waals surface area contributed by atoms with Crippen LogP contribution in [0.1, 0.15) is 6.92 Å². The van der Waals surface area contributed by atoms with Crippen molar-refractivity contribution < 1.29 is 18.7 Å². The van der Waals surface area contributed by atoms with Crippen molar-refractivity contribution in [2.24, 2.45) is 0 Å². The lowest BCUT2D eigenvalue weighted by atomic mass is 10.2. The number of hydrogen-bond acceptors (Lipinski definition) is 4. The molecule has 0 fully saturated rings. The summed E-state index contributed by atoms with van der Waals surface area (Å²) in [7, 11) is -2.86. The van der Waals surface area contributed by atoms with Crippen molar-refractivity contribution in [1.29, 1.82) is 0 Å². The van der Waals surface area contributed by atoms with E-state index < -0.39 is 7.60 Å². The van der Waals surface area contributed by atoms with Gasteiger partial charge in [0.1, 0.15) is 5.52 Å². The number of rotatable bonds is 3. The summed E-state index contributed by atoms with van der Waals surface area (Å²) in [4.78, 5) is 11.8. The minimum Gasteiger partial charge on any atom is -0.775 e. The summed E-state index contributed by atoms with van der Waals surface area (Å²) in [5, 5.41) is 5.06. The van der Waals surface area contributed by atoms with Gasteiger partial charge in [-0.25, -0.2) is 0 Å². The van der Waals surface area contributed by atoms with E-state index in [-0.39, 0.29) is 5.30 Å². The van der Waals surface area contributed by atoms with Gasteiger partial charge in [-0.1, -0.05) is 22.9 Å². The van der Waals surface area contributed by atoms with Crippen LogP contribution in [0.3, 0.4) is 0 Å². The molecule has 1 heterocycles. The molecule has 5 nitrogen and oxygen atoms in total. The Kier molecular flexibility index (Phi) is 3.24. The molecule has 1 unspecified atom stereocenters. The maximum atomic E-state index is 11.8. The van der Waals surface area contributed by atoms with E-state index in [2.05, 4.69) is 9.62 Å². The first-order chi connectivity index (χ1) is 8.08. The van der Waals surface area contributed by atoms with Gasteiger partial charge in [0.05, 0.1) is 5.30 Å². The van der Waals surface area contributed by atoms with Gasteiger partial charge < -0.3 is 14.0 Å². The fraction of sp³-hybridized carbons (Fsp3) is 0.273. The van der Waals surface area contributed by atoms with Crippen LogP contribution in [0.4, 0.5) is 0 Å². The summed E-state index contributed by atoms with van der Waals surface area (Å²) in [6.07, 6.45) is 1.50. The topological polar surface area (TPSA) is 66.1 Å². The van der Waals surface area contributed by atoms with E-state index in [1.807, 2.05) is 13.0 Å². The Bertz CT molecular complexity index is 600. The molecule has 0 N–H and O–H groups in total. The molecule has 6 heteroatoms. The Morgan fingerprint density at radius 2 is 2.18 bits per heavy atom. The maximum Gasteiger partial charge on any atom is 0.208 e. The van der Waals surface area contributed by atoms with Crippen molar-refractivity contribution in [3.8, 4) is 0 Å². The summed E-state index contributed by atoms with van der Waals surface area (Å²) in [5.74, 6) is 0. The zero-order chi connectivity index (χ0) is 12.5. The van der Waals surface area contributed by atoms with Gasteiger partial charge >= 0.3 is 0 Å². The monoisotopic (exact) mass is 252 g/mol. The van der Waals surface area contributed by atoms with Crippen molar-refractivity contribution in [3.63, 3.8) is 0 Å². The number of fused-ring (bicyclic) bond motifs is 1. The third kappa shape index (κ3) is 2.22. The Morgan fingerprint density at radius 3 is 2.82 bits per heavy atom. The highest BCUT2D eigenvalue weighted by Gasteiger charge is 2.20. The molecule has 0 aliphatic carbocycles. The molecular weight excluding hydrogens is 239 g/mol. The van der Waals surface area contributed by atoms with Gasteiger partial charge in [-0.3, -0.25) is 0 Å². The molecular formula is C11H13N2O3P. The molecule has 1 aromatic carbocycles. The molecule has 0 aliphatic rings. The van der Waals surface area contributed by atoms with Gasteiger partial charge in [0.2, 0.25) is 6.20 Å². The summed E-state index contributed by atoms with van der Waals surface area (Å²) < 4.78 is 18.0. The van der Waals surface area contributed by atoms with Crippen LogP contribution in [0.15, 0.2) is 30.5 Å². The fourth-order valence-corrected chi connectivity index (χ4v) is 2.59. The predicted octanol–water partition coefficient (Wildman–Crippen LogP) is 0.367. The molecule has 0 saturated carbocycles. The summed E-state index contributed by atoms with van der Waals surface area (Å²) in [6, 6.07) is 7.10. The van der Waals surface area contributed by atoms with E-state index >= 15 is 0 Å². The van der Waals surface area contributed by atoms with Crippen molar-refractivity contribution in [2.45, 2.75) is 13.5 Å². The lowest BCUT2D eigenvalue weighted by molar-refractivity contribution is -0.747. The number of nitrogens with zero attached hydrogens (tertiary/aromatic N) is 2. The minimum atomic E-state index is -4.02. The largest absolute Gasteiger partial charge is 0.775 e. The Labute approximate surface area is 99.2 Å². The molecule has 0 amide bonds. The predicted molar refractivity (Wildman–Crippen MR) is 61.9 cm³/mol. The van der Waals surface area contributed by atoms with Gasteiger partial charge in [-0.15, -0.1) is 0 Å². The van der Waals surface area contributed by atoms with Crippen LogP contribution in [0.5, 0.6) is 0 Å². The minimum absolute atomic E-state index is 0.174. The van der Waals surface area contributed by atoms with Crippen molar-refractivity contribution >= 4 is 23.8 Å². The van der Waals surface area contributed by atoms with E-state index in [4.69, 9.17) is 0 Å². The normalized spacial score (nSPS) is 14.8. The van der Waals surface area contributed by atoms with Crippen molar-refractivity contribution in [2.75, 3.05) is 7.11 Å². The van der Waals surface area contributed by atoms with Crippen LogP contribution in [0, 0.1) is 0 Å². The second-order valence-corrected chi connectivity index (χ2v) is 5.41. The second-order valence-electron chi connectivity index (χ2n) is 3.57. The lowest BCUT2D eigenvalue weighted by Gasteiger charge is -2.20. The SMILES string of the molecule is CC[n+]1cc(P(=O)([O-])OC)c2ccccc2n1. The number of aromatic nitrogens is 2. The molecule has 0 aliphatic heterocycles. The number of aryl methyl sites for hydroxylation is 1. The van der Waals surface area contributed by atoms with Gasteiger partial charge in [-0.05, 0) is 13.0 Å². The average Bonchev–Trinajstić information content (AvgIpc) is 2.37. The van der Waals surface area contributed by atoms with Crippen LogP contribution >= 0.6 is 7.60 Å². The van der Waals surface area contributed by atoms with Gasteiger partial charge in [0.15, 0.2) is 14.1 Å². The summed E-state index contributed by atoms with van der Waals surface area (Å²) >= 11 is 0. The van der Waals surface area contributed by atoms with Crippen LogP contribution in [0.25, 0.3) is 10.9 Å². The molecule has 0 spiro atoms. The standard InChI is InChI=1S/C11H13N2O3P/c1-3-13-8-11(17(14,15)16-2)9-6-4-5-7-10(9)12-13/h4-8H,3H2,1-2H3. The van der Waals surface area contributed by atoms with E-state index in [0.717, 1.165) is 0 Å². The molecule has 0 bridgehead atoms. The Morgan fingerprint density at radius 1 is 1.47 bits per heavy atom. The molecule has 0 radical (unpaired) electrons. The first-order valence-electron chi connectivity index (χ1n) is 5.25. The highest BCUT2D eigenvalue weighted by atomic mass is 31.2. The number of benzene rings is 1. The molecule has 17 heavy (non-hydrogen) atoms. The molecule has 2 aromatic rings. The van der Waals surface area contributed by atoms with E-state index in [9.17, 15) is 9.46 Å². The Balaban J connectivity index is 2.80. The lowest BCUT2D eigenvalue weighted by Crippen LogP contribution is -2.40.